The number of anilines is 1. The van der Waals surface area contributed by atoms with Gasteiger partial charge in [-0.15, -0.1) is 11.3 Å². The number of aromatic nitrogens is 4. The van der Waals surface area contributed by atoms with E-state index < -0.39 is 6.10 Å². The minimum atomic E-state index is -0.509. The second-order valence-electron chi connectivity index (χ2n) is 8.33. The van der Waals surface area contributed by atoms with Gasteiger partial charge in [-0.25, -0.2) is 14.4 Å². The Hall–Kier alpha value is -3.77. The first-order chi connectivity index (χ1) is 15.9. The van der Waals surface area contributed by atoms with Crippen LogP contribution in [0.25, 0.3) is 22.4 Å². The number of ether oxygens (including phenoxy) is 1. The molecule has 7 nitrogen and oxygen atoms in total. The Bertz CT molecular complexity index is 1480. The van der Waals surface area contributed by atoms with Gasteiger partial charge in [0, 0.05) is 45.8 Å². The fourth-order valence-electron chi connectivity index (χ4n) is 4.90. The van der Waals surface area contributed by atoms with Gasteiger partial charge in [0.25, 0.3) is 0 Å². The summed E-state index contributed by atoms with van der Waals surface area (Å²) in [6, 6.07) is 8.75. The fraction of sp³-hybridized carbons (Fsp3) is 0.250. The summed E-state index contributed by atoms with van der Waals surface area (Å²) in [6.45, 7) is 4.53. The van der Waals surface area contributed by atoms with Crippen LogP contribution in [0.4, 0.5) is 10.2 Å². The number of hydrogen-bond acceptors (Lipinski definition) is 7. The number of aryl methyl sites for hydroxylation is 2. The molecule has 1 unspecified atom stereocenters. The quantitative estimate of drug-likeness (QED) is 0.400. The molecule has 0 saturated heterocycles. The van der Waals surface area contributed by atoms with E-state index in [-0.39, 0.29) is 17.6 Å². The SMILES string of the molecule is Cc1nc2c(s1)C1CCn3nc(C#N)c(c31)-c1cnc(N)c(c1)O[C@H](C)c1cc(F)ccc1-2. The predicted octanol–water partition coefficient (Wildman–Crippen LogP) is 4.96. The lowest BCUT2D eigenvalue weighted by atomic mass is 9.90. The third-order valence-corrected chi connectivity index (χ3v) is 7.40. The van der Waals surface area contributed by atoms with Crippen LogP contribution in [-0.4, -0.2) is 19.7 Å². The summed E-state index contributed by atoms with van der Waals surface area (Å²) in [5.74, 6) is 0.267. The number of hydrogen-bond donors (Lipinski definition) is 1. The molecule has 6 rings (SSSR count). The van der Waals surface area contributed by atoms with Gasteiger partial charge in [0.15, 0.2) is 17.3 Å². The van der Waals surface area contributed by atoms with Crippen molar-refractivity contribution in [3.63, 3.8) is 0 Å². The predicted molar refractivity (Wildman–Crippen MR) is 122 cm³/mol. The average Bonchev–Trinajstić information content (AvgIpc) is 3.47. The van der Waals surface area contributed by atoms with Crippen LogP contribution < -0.4 is 10.5 Å². The monoisotopic (exact) mass is 458 g/mol. The maximum absolute atomic E-state index is 14.3. The molecule has 0 saturated carbocycles. The van der Waals surface area contributed by atoms with Crippen molar-refractivity contribution < 1.29 is 9.13 Å². The van der Waals surface area contributed by atoms with Crippen LogP contribution in [0.15, 0.2) is 30.5 Å². The number of nitrogens with two attached hydrogens (primary N) is 1. The van der Waals surface area contributed by atoms with E-state index >= 15 is 0 Å². The van der Waals surface area contributed by atoms with Gasteiger partial charge in [-0.05, 0) is 44.5 Å². The third kappa shape index (κ3) is 2.94. The van der Waals surface area contributed by atoms with Crippen molar-refractivity contribution in [3.8, 4) is 34.2 Å². The molecular weight excluding hydrogens is 439 g/mol. The highest BCUT2D eigenvalue weighted by molar-refractivity contribution is 7.12. The van der Waals surface area contributed by atoms with Gasteiger partial charge in [0.2, 0.25) is 0 Å². The highest BCUT2D eigenvalue weighted by Gasteiger charge is 2.36. The van der Waals surface area contributed by atoms with Crippen molar-refractivity contribution in [3.05, 3.63) is 63.1 Å². The van der Waals surface area contributed by atoms with E-state index in [1.54, 1.807) is 29.7 Å². The molecule has 0 amide bonds. The number of rotatable bonds is 0. The minimum absolute atomic E-state index is 0.00496. The van der Waals surface area contributed by atoms with Crippen molar-refractivity contribution in [2.75, 3.05) is 5.73 Å². The summed E-state index contributed by atoms with van der Waals surface area (Å²) in [6.07, 6.45) is 1.98. The Morgan fingerprint density at radius 2 is 2.18 bits per heavy atom. The summed E-state index contributed by atoms with van der Waals surface area (Å²) >= 11 is 1.63. The molecule has 0 spiro atoms. The van der Waals surface area contributed by atoms with E-state index in [9.17, 15) is 9.65 Å². The molecule has 2 aliphatic heterocycles. The molecule has 9 heteroatoms. The molecule has 5 heterocycles. The first-order valence-corrected chi connectivity index (χ1v) is 11.5. The molecule has 0 radical (unpaired) electrons. The van der Waals surface area contributed by atoms with Gasteiger partial charge < -0.3 is 10.5 Å². The van der Waals surface area contributed by atoms with Crippen molar-refractivity contribution >= 4 is 17.2 Å². The Morgan fingerprint density at radius 1 is 1.33 bits per heavy atom. The zero-order chi connectivity index (χ0) is 22.9. The summed E-state index contributed by atoms with van der Waals surface area (Å²) in [5.41, 5.74) is 11.3. The van der Waals surface area contributed by atoms with Gasteiger partial charge >= 0.3 is 0 Å². The Balaban J connectivity index is 1.71. The smallest absolute Gasteiger partial charge is 0.170 e. The third-order valence-electron chi connectivity index (χ3n) is 6.31. The summed E-state index contributed by atoms with van der Waals surface area (Å²) in [5, 5.41) is 15.3. The lowest BCUT2D eigenvalue weighted by molar-refractivity contribution is 0.227. The first-order valence-electron chi connectivity index (χ1n) is 10.6. The molecule has 2 aliphatic rings. The molecule has 1 aromatic carbocycles. The van der Waals surface area contributed by atoms with E-state index in [0.717, 1.165) is 44.4 Å². The first kappa shape index (κ1) is 19.9. The number of fused-ring (bicyclic) bond motifs is 7. The van der Waals surface area contributed by atoms with Crippen molar-refractivity contribution in [1.82, 2.24) is 19.7 Å². The number of thiazole rings is 1. The van der Waals surface area contributed by atoms with E-state index in [2.05, 4.69) is 16.2 Å². The van der Waals surface area contributed by atoms with Gasteiger partial charge in [0.05, 0.1) is 16.4 Å². The Kier molecular flexibility index (Phi) is 4.29. The maximum atomic E-state index is 14.3. The topological polar surface area (TPSA) is 103 Å². The van der Waals surface area contributed by atoms with E-state index in [1.807, 2.05) is 18.5 Å². The van der Waals surface area contributed by atoms with Crippen LogP contribution in [0.3, 0.4) is 0 Å². The van der Waals surface area contributed by atoms with Crippen molar-refractivity contribution in [1.29, 1.82) is 5.26 Å². The van der Waals surface area contributed by atoms with Gasteiger partial charge in [-0.3, -0.25) is 4.68 Å². The molecular formula is C24H19FN6OS. The number of nitrogens with zero attached hydrogens (tertiary/aromatic N) is 5. The normalized spacial score (nSPS) is 18.2. The number of nitriles is 1. The lowest BCUT2D eigenvalue weighted by Crippen LogP contribution is -2.10. The maximum Gasteiger partial charge on any atom is 0.170 e. The van der Waals surface area contributed by atoms with Crippen molar-refractivity contribution in [2.45, 2.75) is 38.8 Å². The number of halogens is 1. The number of nitrogen functional groups attached to an aromatic ring is 1. The van der Waals surface area contributed by atoms with Crippen molar-refractivity contribution in [2.24, 2.45) is 0 Å². The zero-order valence-corrected chi connectivity index (χ0v) is 18.8. The van der Waals surface area contributed by atoms with Crippen LogP contribution in [0.5, 0.6) is 5.75 Å². The fourth-order valence-corrected chi connectivity index (χ4v) is 5.98. The van der Waals surface area contributed by atoms with E-state index in [4.69, 9.17) is 15.5 Å². The molecule has 2 atom stereocenters. The average molecular weight is 459 g/mol. The lowest BCUT2D eigenvalue weighted by Gasteiger charge is -2.21. The molecule has 4 aromatic rings. The van der Waals surface area contributed by atoms with E-state index in [0.29, 0.717) is 23.6 Å². The second-order valence-corrected chi connectivity index (χ2v) is 9.56. The van der Waals surface area contributed by atoms with Gasteiger partial charge in [-0.2, -0.15) is 10.4 Å². The second kappa shape index (κ2) is 7.12. The molecule has 2 bridgehead atoms. The van der Waals surface area contributed by atoms with Crippen LogP contribution in [-0.2, 0) is 6.54 Å². The standard InChI is InChI=1S/C24H19FN6OS/c1-11-17-8-14(25)3-4-15(17)21-23(33-12(2)29-21)16-5-6-31-22(16)20(18(9-26)30-31)13-7-19(32-11)24(27)28-10-13/h3-4,7-8,10-11,16H,5-6H2,1-2H3,(H2,27,28)/t11-,16?/m1/s1. The zero-order valence-electron chi connectivity index (χ0n) is 18.0. The molecule has 3 aromatic heterocycles. The highest BCUT2D eigenvalue weighted by atomic mass is 32.1. The molecule has 0 aliphatic carbocycles. The van der Waals surface area contributed by atoms with Crippen LogP contribution >= 0.6 is 11.3 Å². The summed E-state index contributed by atoms with van der Waals surface area (Å²) < 4.78 is 22.5. The highest BCUT2D eigenvalue weighted by Crippen LogP contribution is 2.48. The molecule has 2 N–H and O–H groups in total. The Morgan fingerprint density at radius 3 is 3.00 bits per heavy atom. The van der Waals surface area contributed by atoms with Gasteiger partial charge in [-0.1, -0.05) is 0 Å². The van der Waals surface area contributed by atoms with Gasteiger partial charge in [0.1, 0.15) is 18.0 Å². The molecule has 33 heavy (non-hydrogen) atoms. The summed E-state index contributed by atoms with van der Waals surface area (Å²) in [4.78, 5) is 10.3. The minimum Gasteiger partial charge on any atom is -0.482 e. The van der Waals surface area contributed by atoms with E-state index in [1.165, 1.54) is 12.1 Å². The van der Waals surface area contributed by atoms with Crippen LogP contribution in [0.1, 0.15) is 52.2 Å². The van der Waals surface area contributed by atoms with Crippen LogP contribution in [0.2, 0.25) is 0 Å². The molecule has 164 valence electrons. The Labute approximate surface area is 193 Å². The largest absolute Gasteiger partial charge is 0.482 e. The van der Waals surface area contributed by atoms with Crippen LogP contribution in [0, 0.1) is 24.1 Å². The number of benzene rings is 1. The number of pyridine rings is 1. The summed E-state index contributed by atoms with van der Waals surface area (Å²) in [7, 11) is 0. The molecule has 0 fully saturated rings.